The summed E-state index contributed by atoms with van der Waals surface area (Å²) in [4.78, 5) is 0. The molecule has 20 heavy (non-hydrogen) atoms. The second kappa shape index (κ2) is 6.07. The van der Waals surface area contributed by atoms with Gasteiger partial charge in [0.15, 0.2) is 0 Å². The van der Waals surface area contributed by atoms with Gasteiger partial charge in [-0.2, -0.15) is 5.26 Å². The van der Waals surface area contributed by atoms with Crippen molar-refractivity contribution in [1.29, 1.82) is 5.26 Å². The maximum Gasteiger partial charge on any atom is 0.134 e. The highest BCUT2D eigenvalue weighted by Gasteiger charge is 2.10. The van der Waals surface area contributed by atoms with E-state index < -0.39 is 0 Å². The molecular weight excluding hydrogens is 257 g/mol. The highest BCUT2D eigenvalue weighted by atomic mass is 19.1. The van der Waals surface area contributed by atoms with Crippen LogP contribution in [0.25, 0.3) is 11.1 Å². The number of benzene rings is 2. The molecule has 0 saturated heterocycles. The number of hydrogen-bond acceptors (Lipinski definition) is 3. The van der Waals surface area contributed by atoms with Gasteiger partial charge in [-0.3, -0.25) is 0 Å². The lowest BCUT2D eigenvalue weighted by Gasteiger charge is -2.10. The Balaban J connectivity index is 2.48. The fourth-order valence-electron chi connectivity index (χ4n) is 2.03. The van der Waals surface area contributed by atoms with Gasteiger partial charge in [-0.1, -0.05) is 6.07 Å². The van der Waals surface area contributed by atoms with Crippen LogP contribution in [0.15, 0.2) is 36.4 Å². The van der Waals surface area contributed by atoms with E-state index in [1.807, 2.05) is 0 Å². The van der Waals surface area contributed by atoms with E-state index in [0.29, 0.717) is 22.6 Å². The number of nitriles is 1. The summed E-state index contributed by atoms with van der Waals surface area (Å²) in [6, 6.07) is 12.1. The van der Waals surface area contributed by atoms with Crippen LogP contribution >= 0.6 is 0 Å². The Morgan fingerprint density at radius 3 is 2.50 bits per heavy atom. The second-order valence-corrected chi connectivity index (χ2v) is 4.21. The van der Waals surface area contributed by atoms with Gasteiger partial charge in [0.1, 0.15) is 17.3 Å². The Hall–Kier alpha value is -2.54. The normalized spacial score (nSPS) is 9.90. The maximum atomic E-state index is 14.0. The van der Waals surface area contributed by atoms with Gasteiger partial charge in [-0.25, -0.2) is 4.39 Å². The molecule has 2 aromatic rings. The number of halogens is 1. The van der Waals surface area contributed by atoms with Crippen LogP contribution < -0.4 is 9.47 Å². The first kappa shape index (κ1) is 13.9. The van der Waals surface area contributed by atoms with Crippen molar-refractivity contribution in [2.24, 2.45) is 0 Å². The fourth-order valence-corrected chi connectivity index (χ4v) is 2.03. The average molecular weight is 271 g/mol. The molecule has 0 aliphatic heterocycles. The quantitative estimate of drug-likeness (QED) is 0.853. The summed E-state index contributed by atoms with van der Waals surface area (Å²) >= 11 is 0. The molecular formula is C16H14FNO2. The SMILES string of the molecule is COc1ccc(-c2ccc(OC)c(CC#N)c2)c(F)c1. The molecule has 0 bridgehead atoms. The first-order valence-corrected chi connectivity index (χ1v) is 6.07. The second-order valence-electron chi connectivity index (χ2n) is 4.21. The highest BCUT2D eigenvalue weighted by molar-refractivity contribution is 5.67. The van der Waals surface area contributed by atoms with Gasteiger partial charge < -0.3 is 9.47 Å². The number of hydrogen-bond donors (Lipinski definition) is 0. The van der Waals surface area contributed by atoms with E-state index in [2.05, 4.69) is 6.07 Å². The fraction of sp³-hybridized carbons (Fsp3) is 0.188. The lowest BCUT2D eigenvalue weighted by Crippen LogP contribution is -1.93. The number of ether oxygens (including phenoxy) is 2. The van der Waals surface area contributed by atoms with Crippen LogP contribution in [-0.2, 0) is 6.42 Å². The topological polar surface area (TPSA) is 42.2 Å². The summed E-state index contributed by atoms with van der Waals surface area (Å²) < 4.78 is 24.2. The molecule has 4 heteroatoms. The lowest BCUT2D eigenvalue weighted by atomic mass is 10.0. The van der Waals surface area contributed by atoms with E-state index in [9.17, 15) is 4.39 Å². The highest BCUT2D eigenvalue weighted by Crippen LogP contribution is 2.30. The van der Waals surface area contributed by atoms with Crippen molar-refractivity contribution in [2.75, 3.05) is 14.2 Å². The van der Waals surface area contributed by atoms with Crippen LogP contribution in [0.5, 0.6) is 11.5 Å². The van der Waals surface area contributed by atoms with E-state index in [1.54, 1.807) is 37.4 Å². The third-order valence-corrected chi connectivity index (χ3v) is 3.04. The third-order valence-electron chi connectivity index (χ3n) is 3.04. The lowest BCUT2D eigenvalue weighted by molar-refractivity contribution is 0.410. The predicted molar refractivity (Wildman–Crippen MR) is 74.3 cm³/mol. The molecule has 0 aromatic heterocycles. The molecule has 0 aliphatic rings. The monoisotopic (exact) mass is 271 g/mol. The van der Waals surface area contributed by atoms with Crippen molar-refractivity contribution >= 4 is 0 Å². The standard InChI is InChI=1S/C16H14FNO2/c1-19-13-4-5-14(15(17)10-13)11-3-6-16(20-2)12(9-11)7-8-18/h3-6,9-10H,7H2,1-2H3. The van der Waals surface area contributed by atoms with Crippen molar-refractivity contribution in [3.05, 3.63) is 47.8 Å². The first-order chi connectivity index (χ1) is 9.69. The molecule has 0 heterocycles. The smallest absolute Gasteiger partial charge is 0.134 e. The molecule has 0 N–H and O–H groups in total. The molecule has 0 unspecified atom stereocenters. The van der Waals surface area contributed by atoms with Gasteiger partial charge in [0.25, 0.3) is 0 Å². The summed E-state index contributed by atoms with van der Waals surface area (Å²) in [6.45, 7) is 0. The van der Waals surface area contributed by atoms with Gasteiger partial charge >= 0.3 is 0 Å². The Morgan fingerprint density at radius 2 is 1.90 bits per heavy atom. The zero-order chi connectivity index (χ0) is 14.5. The van der Waals surface area contributed by atoms with E-state index in [1.165, 1.54) is 13.2 Å². The Labute approximate surface area is 117 Å². The zero-order valence-electron chi connectivity index (χ0n) is 11.3. The van der Waals surface area contributed by atoms with Crippen LogP contribution in [-0.4, -0.2) is 14.2 Å². The molecule has 0 saturated carbocycles. The predicted octanol–water partition coefficient (Wildman–Crippen LogP) is 3.58. The van der Waals surface area contributed by atoms with Crippen LogP contribution in [0, 0.1) is 17.1 Å². The van der Waals surface area contributed by atoms with Gasteiger partial charge in [0, 0.05) is 17.2 Å². The number of methoxy groups -OCH3 is 2. The van der Waals surface area contributed by atoms with Crippen LogP contribution in [0.1, 0.15) is 5.56 Å². The van der Waals surface area contributed by atoms with Gasteiger partial charge in [-0.15, -0.1) is 0 Å². The zero-order valence-corrected chi connectivity index (χ0v) is 11.3. The Morgan fingerprint density at radius 1 is 1.10 bits per heavy atom. The molecule has 3 nitrogen and oxygen atoms in total. The van der Waals surface area contributed by atoms with E-state index >= 15 is 0 Å². The van der Waals surface area contributed by atoms with Crippen LogP contribution in [0.3, 0.4) is 0 Å². The first-order valence-electron chi connectivity index (χ1n) is 6.07. The summed E-state index contributed by atoms with van der Waals surface area (Å²) in [5.41, 5.74) is 1.91. The van der Waals surface area contributed by atoms with Gasteiger partial charge in [-0.05, 0) is 29.8 Å². The molecule has 0 fully saturated rings. The molecule has 2 rings (SSSR count). The molecule has 0 radical (unpaired) electrons. The Bertz CT molecular complexity index is 662. The largest absolute Gasteiger partial charge is 0.497 e. The van der Waals surface area contributed by atoms with E-state index in [4.69, 9.17) is 14.7 Å². The van der Waals surface area contributed by atoms with Gasteiger partial charge in [0.2, 0.25) is 0 Å². The average Bonchev–Trinajstić information content (AvgIpc) is 2.47. The minimum Gasteiger partial charge on any atom is -0.497 e. The van der Waals surface area contributed by atoms with E-state index in [-0.39, 0.29) is 12.2 Å². The number of nitrogens with zero attached hydrogens (tertiary/aromatic N) is 1. The van der Waals surface area contributed by atoms with Crippen molar-refractivity contribution in [3.8, 4) is 28.7 Å². The molecule has 2 aromatic carbocycles. The van der Waals surface area contributed by atoms with Crippen molar-refractivity contribution in [1.82, 2.24) is 0 Å². The molecule has 102 valence electrons. The number of rotatable bonds is 4. The maximum absolute atomic E-state index is 14.0. The molecule has 0 aliphatic carbocycles. The molecule has 0 spiro atoms. The minimum atomic E-state index is -0.363. The Kier molecular flexibility index (Phi) is 4.21. The summed E-state index contributed by atoms with van der Waals surface area (Å²) in [7, 11) is 3.04. The summed E-state index contributed by atoms with van der Waals surface area (Å²) in [5.74, 6) is 0.735. The van der Waals surface area contributed by atoms with Crippen molar-refractivity contribution in [2.45, 2.75) is 6.42 Å². The summed E-state index contributed by atoms with van der Waals surface area (Å²) in [6.07, 6.45) is 0.217. The summed E-state index contributed by atoms with van der Waals surface area (Å²) in [5, 5.41) is 8.83. The molecule has 0 atom stereocenters. The molecule has 0 amide bonds. The van der Waals surface area contributed by atoms with Gasteiger partial charge in [0.05, 0.1) is 26.7 Å². The van der Waals surface area contributed by atoms with Crippen LogP contribution in [0.4, 0.5) is 4.39 Å². The van der Waals surface area contributed by atoms with Crippen LogP contribution in [0.2, 0.25) is 0 Å². The third kappa shape index (κ3) is 2.72. The van der Waals surface area contributed by atoms with Crippen molar-refractivity contribution in [3.63, 3.8) is 0 Å². The van der Waals surface area contributed by atoms with E-state index in [0.717, 1.165) is 5.56 Å². The van der Waals surface area contributed by atoms with Crippen molar-refractivity contribution < 1.29 is 13.9 Å². The minimum absolute atomic E-state index is 0.217.